The van der Waals surface area contributed by atoms with Gasteiger partial charge < -0.3 is 0 Å². The van der Waals surface area contributed by atoms with Gasteiger partial charge in [0.05, 0.1) is 27.7 Å². The number of hydrogen-bond acceptors (Lipinski definition) is 5. The topological polar surface area (TPSA) is 56.6 Å². The van der Waals surface area contributed by atoms with Gasteiger partial charge in [-0.2, -0.15) is 5.10 Å². The van der Waals surface area contributed by atoms with E-state index in [-0.39, 0.29) is 5.56 Å². The number of benzene rings is 3. The largest absolute Gasteiger partial charge is 0.297 e. The van der Waals surface area contributed by atoms with E-state index in [1.54, 1.807) is 16.0 Å². The number of thiophene rings is 1. The summed E-state index contributed by atoms with van der Waals surface area (Å²) >= 11 is 3.13. The predicted molar refractivity (Wildman–Crippen MR) is 158 cm³/mol. The highest BCUT2D eigenvalue weighted by atomic mass is 32.1. The first kappa shape index (κ1) is 24.1. The molecule has 0 spiro atoms. The SMILES string of the molecule is CC(=Nn1c(-c2cccs2)csc1=Nc1c(C)n(C)n(-c2ccccc2)c1=O)c1cccc2ccccc12. The first-order chi connectivity index (χ1) is 18.5. The molecule has 38 heavy (non-hydrogen) atoms. The fourth-order valence-electron chi connectivity index (χ4n) is 4.59. The molecule has 6 rings (SSSR count). The Kier molecular flexibility index (Phi) is 6.27. The number of fused-ring (bicyclic) bond motifs is 1. The lowest BCUT2D eigenvalue weighted by Gasteiger charge is -2.08. The second-order valence-electron chi connectivity index (χ2n) is 8.93. The minimum absolute atomic E-state index is 0.163. The molecule has 3 aromatic heterocycles. The maximum absolute atomic E-state index is 13.6. The lowest BCUT2D eigenvalue weighted by Crippen LogP contribution is -2.20. The number of nitrogens with zero attached hydrogens (tertiary/aromatic N) is 5. The van der Waals surface area contributed by atoms with E-state index in [2.05, 4.69) is 47.2 Å². The normalized spacial score (nSPS) is 12.5. The highest BCUT2D eigenvalue weighted by molar-refractivity contribution is 7.14. The minimum atomic E-state index is -0.163. The molecule has 0 N–H and O–H groups in total. The van der Waals surface area contributed by atoms with Crippen LogP contribution >= 0.6 is 22.7 Å². The molecule has 0 saturated heterocycles. The van der Waals surface area contributed by atoms with Crippen molar-refractivity contribution in [2.24, 2.45) is 17.1 Å². The molecule has 0 aliphatic rings. The van der Waals surface area contributed by atoms with E-state index in [0.29, 0.717) is 10.5 Å². The van der Waals surface area contributed by atoms with Crippen LogP contribution in [0.1, 0.15) is 18.2 Å². The van der Waals surface area contributed by atoms with Gasteiger partial charge >= 0.3 is 0 Å². The molecule has 188 valence electrons. The van der Waals surface area contributed by atoms with Crippen molar-refractivity contribution in [3.8, 4) is 16.3 Å². The number of para-hydroxylation sites is 1. The molecule has 8 heteroatoms. The summed E-state index contributed by atoms with van der Waals surface area (Å²) in [7, 11) is 1.88. The first-order valence-electron chi connectivity index (χ1n) is 12.2. The van der Waals surface area contributed by atoms with Crippen LogP contribution in [0.3, 0.4) is 0 Å². The van der Waals surface area contributed by atoms with E-state index < -0.39 is 0 Å². The van der Waals surface area contributed by atoms with E-state index in [1.165, 1.54) is 16.7 Å². The number of thiazole rings is 1. The van der Waals surface area contributed by atoms with Gasteiger partial charge in [-0.15, -0.1) is 22.7 Å². The van der Waals surface area contributed by atoms with Gasteiger partial charge in [0.1, 0.15) is 0 Å². The third kappa shape index (κ3) is 4.17. The molecule has 3 aromatic carbocycles. The second kappa shape index (κ2) is 9.89. The summed E-state index contributed by atoms with van der Waals surface area (Å²) in [4.78, 5) is 20.2. The maximum atomic E-state index is 13.6. The van der Waals surface area contributed by atoms with Crippen molar-refractivity contribution in [3.63, 3.8) is 0 Å². The van der Waals surface area contributed by atoms with Crippen LogP contribution in [0.25, 0.3) is 27.0 Å². The quantitative estimate of drug-likeness (QED) is 0.226. The molecule has 0 unspecified atom stereocenters. The zero-order valence-corrected chi connectivity index (χ0v) is 22.8. The lowest BCUT2D eigenvalue weighted by molar-refractivity contribution is 0.630. The third-order valence-electron chi connectivity index (χ3n) is 6.62. The molecule has 0 atom stereocenters. The van der Waals surface area contributed by atoms with Crippen molar-refractivity contribution in [1.82, 2.24) is 14.0 Å². The highest BCUT2D eigenvalue weighted by Gasteiger charge is 2.17. The van der Waals surface area contributed by atoms with Gasteiger partial charge in [0, 0.05) is 18.0 Å². The lowest BCUT2D eigenvalue weighted by atomic mass is 10.0. The van der Waals surface area contributed by atoms with Crippen molar-refractivity contribution < 1.29 is 0 Å². The monoisotopic (exact) mass is 535 g/mol. The van der Waals surface area contributed by atoms with Crippen LogP contribution in [0.2, 0.25) is 0 Å². The van der Waals surface area contributed by atoms with Gasteiger partial charge in [-0.05, 0) is 48.2 Å². The summed E-state index contributed by atoms with van der Waals surface area (Å²) in [5.74, 6) is 0. The second-order valence-corrected chi connectivity index (χ2v) is 10.7. The molecule has 0 fully saturated rings. The van der Waals surface area contributed by atoms with Crippen molar-refractivity contribution in [3.05, 3.63) is 122 Å². The van der Waals surface area contributed by atoms with Crippen LogP contribution in [0, 0.1) is 6.92 Å². The highest BCUT2D eigenvalue weighted by Crippen LogP contribution is 2.27. The summed E-state index contributed by atoms with van der Waals surface area (Å²) in [6.07, 6.45) is 0. The molecule has 0 radical (unpaired) electrons. The molecule has 0 saturated carbocycles. The standard InChI is InChI=1S/C30H25N5OS2/c1-20(24-16-9-12-22-11-7-8-15-25(22)24)32-34-26(27-17-10-18-37-27)19-38-30(34)31-28-21(2)33(3)35(29(28)36)23-13-5-4-6-14-23/h4-19H,1-3H3. The van der Waals surface area contributed by atoms with Crippen molar-refractivity contribution in [1.29, 1.82) is 0 Å². The van der Waals surface area contributed by atoms with E-state index in [4.69, 9.17) is 10.1 Å². The summed E-state index contributed by atoms with van der Waals surface area (Å²) in [5, 5.41) is 11.5. The molecule has 0 amide bonds. The van der Waals surface area contributed by atoms with Crippen LogP contribution in [0.15, 0.2) is 111 Å². The van der Waals surface area contributed by atoms with Crippen LogP contribution in [0.5, 0.6) is 0 Å². The third-order valence-corrected chi connectivity index (χ3v) is 8.33. The van der Waals surface area contributed by atoms with E-state index >= 15 is 0 Å². The molecule has 3 heterocycles. The Labute approximate surface area is 227 Å². The number of rotatable bonds is 5. The Morgan fingerprint density at radius 2 is 1.63 bits per heavy atom. The number of hydrogen-bond donors (Lipinski definition) is 0. The van der Waals surface area contributed by atoms with Crippen molar-refractivity contribution >= 4 is 44.8 Å². The van der Waals surface area contributed by atoms with Gasteiger partial charge in [0.25, 0.3) is 5.56 Å². The van der Waals surface area contributed by atoms with Gasteiger partial charge in [-0.3, -0.25) is 9.48 Å². The Morgan fingerprint density at radius 3 is 2.42 bits per heavy atom. The first-order valence-corrected chi connectivity index (χ1v) is 14.0. The summed E-state index contributed by atoms with van der Waals surface area (Å²) in [5.41, 5.74) is 4.70. The van der Waals surface area contributed by atoms with E-state index in [0.717, 1.165) is 38.6 Å². The Hall–Kier alpha value is -4.27. The Balaban J connectivity index is 1.57. The van der Waals surface area contributed by atoms with E-state index in [9.17, 15) is 4.79 Å². The van der Waals surface area contributed by atoms with Gasteiger partial charge in [-0.1, -0.05) is 66.7 Å². The zero-order chi connectivity index (χ0) is 26.2. The van der Waals surface area contributed by atoms with Crippen LogP contribution in [-0.2, 0) is 7.05 Å². The number of aromatic nitrogens is 3. The van der Waals surface area contributed by atoms with Crippen LogP contribution < -0.4 is 10.4 Å². The fraction of sp³-hybridized carbons (Fsp3) is 0.100. The molecule has 0 aliphatic carbocycles. The summed E-state index contributed by atoms with van der Waals surface area (Å²) < 4.78 is 5.36. The van der Waals surface area contributed by atoms with Crippen LogP contribution in [0.4, 0.5) is 5.69 Å². The maximum Gasteiger partial charge on any atom is 0.297 e. The van der Waals surface area contributed by atoms with E-state index in [1.807, 2.05) is 78.8 Å². The predicted octanol–water partition coefficient (Wildman–Crippen LogP) is 6.73. The van der Waals surface area contributed by atoms with Gasteiger partial charge in [0.2, 0.25) is 4.80 Å². The zero-order valence-electron chi connectivity index (χ0n) is 21.2. The molecule has 6 aromatic rings. The Bertz CT molecular complexity index is 1910. The average molecular weight is 536 g/mol. The van der Waals surface area contributed by atoms with Gasteiger partial charge in [0.15, 0.2) is 5.69 Å². The molecule has 0 aliphatic heterocycles. The van der Waals surface area contributed by atoms with Crippen molar-refractivity contribution in [2.75, 3.05) is 0 Å². The average Bonchev–Trinajstić information content (AvgIpc) is 3.66. The summed E-state index contributed by atoms with van der Waals surface area (Å²) in [6, 6.07) is 28.3. The molecule has 6 nitrogen and oxygen atoms in total. The smallest absolute Gasteiger partial charge is 0.283 e. The summed E-state index contributed by atoms with van der Waals surface area (Å²) in [6.45, 7) is 3.94. The fourth-order valence-corrected chi connectivity index (χ4v) is 6.22. The minimum Gasteiger partial charge on any atom is -0.283 e. The Morgan fingerprint density at radius 1 is 0.868 bits per heavy atom. The van der Waals surface area contributed by atoms with Crippen LogP contribution in [-0.4, -0.2) is 19.8 Å². The molecular formula is C30H25N5OS2. The van der Waals surface area contributed by atoms with Crippen molar-refractivity contribution in [2.45, 2.75) is 13.8 Å². The molecule has 0 bridgehead atoms. The van der Waals surface area contributed by atoms with Gasteiger partial charge in [-0.25, -0.2) is 14.4 Å². The molecular weight excluding hydrogens is 510 g/mol.